The highest BCUT2D eigenvalue weighted by Gasteiger charge is 2.43. The van der Waals surface area contributed by atoms with Gasteiger partial charge < -0.3 is 25.2 Å². The lowest BCUT2D eigenvalue weighted by molar-refractivity contribution is -0.229. The number of allylic oxidation sites excluding steroid dienone is 1. The number of hydrogen-bond acceptors (Lipinski definition) is 7. The van der Waals surface area contributed by atoms with Crippen molar-refractivity contribution >= 4 is 22.8 Å². The Hall–Kier alpha value is -2.16. The SMILES string of the molecule is O=C(/C=C/c1ccc2ccccc2n1)C[C@@H]1O[C@H](CO)[C@H](O)[C@H](O)[C@H]1O. The van der Waals surface area contributed by atoms with E-state index in [-0.39, 0.29) is 12.2 Å². The molecule has 2 heterocycles. The Morgan fingerprint density at radius 3 is 2.54 bits per heavy atom. The number of nitrogens with zero attached hydrogens (tertiary/aromatic N) is 1. The average Bonchev–Trinajstić information content (AvgIpc) is 2.66. The molecule has 1 aromatic heterocycles. The fourth-order valence-electron chi connectivity index (χ4n) is 2.97. The standard InChI is InChI=1S/C19H21NO6/c21-10-16-18(24)19(25)17(23)15(26-16)9-13(22)8-7-12-6-5-11-3-1-2-4-14(11)20-12/h1-8,15-19,21,23-25H,9-10H2/b8-7+/t15-,16+,17-,18-,19+/m0/s1. The molecule has 0 aliphatic carbocycles. The quantitative estimate of drug-likeness (QED) is 0.557. The zero-order chi connectivity index (χ0) is 18.7. The molecule has 1 aromatic carbocycles. The molecule has 0 spiro atoms. The van der Waals surface area contributed by atoms with Gasteiger partial charge in [0.2, 0.25) is 0 Å². The summed E-state index contributed by atoms with van der Waals surface area (Å²) >= 11 is 0. The summed E-state index contributed by atoms with van der Waals surface area (Å²) in [5, 5.41) is 39.6. The zero-order valence-corrected chi connectivity index (χ0v) is 14.0. The summed E-state index contributed by atoms with van der Waals surface area (Å²) in [5.74, 6) is -0.329. The van der Waals surface area contributed by atoms with Crippen LogP contribution in [0.3, 0.4) is 0 Å². The summed E-state index contributed by atoms with van der Waals surface area (Å²) < 4.78 is 5.33. The number of aliphatic hydroxyl groups excluding tert-OH is 4. The van der Waals surface area contributed by atoms with E-state index in [9.17, 15) is 25.2 Å². The Morgan fingerprint density at radius 1 is 1.04 bits per heavy atom. The first kappa shape index (κ1) is 18.6. The molecule has 1 fully saturated rings. The Labute approximate surface area is 150 Å². The molecule has 5 atom stereocenters. The number of carbonyl (C=O) groups is 1. The second-order valence-corrected chi connectivity index (χ2v) is 6.30. The van der Waals surface area contributed by atoms with Crippen LogP contribution in [0.5, 0.6) is 0 Å². The van der Waals surface area contributed by atoms with E-state index in [2.05, 4.69) is 4.98 Å². The first-order valence-corrected chi connectivity index (χ1v) is 8.37. The van der Waals surface area contributed by atoms with Crippen molar-refractivity contribution in [3.8, 4) is 0 Å². The van der Waals surface area contributed by atoms with E-state index in [4.69, 9.17) is 4.74 Å². The van der Waals surface area contributed by atoms with Crippen molar-refractivity contribution in [2.24, 2.45) is 0 Å². The topological polar surface area (TPSA) is 120 Å². The van der Waals surface area contributed by atoms with Crippen molar-refractivity contribution < 1.29 is 30.0 Å². The number of aromatic nitrogens is 1. The van der Waals surface area contributed by atoms with Crippen molar-refractivity contribution in [3.63, 3.8) is 0 Å². The van der Waals surface area contributed by atoms with E-state index >= 15 is 0 Å². The number of rotatable bonds is 5. The maximum absolute atomic E-state index is 12.2. The van der Waals surface area contributed by atoms with Gasteiger partial charge >= 0.3 is 0 Å². The number of ketones is 1. The average molecular weight is 359 g/mol. The molecule has 7 heteroatoms. The van der Waals surface area contributed by atoms with Crippen LogP contribution in [0.1, 0.15) is 12.1 Å². The van der Waals surface area contributed by atoms with E-state index < -0.39 is 37.1 Å². The molecule has 0 amide bonds. The highest BCUT2D eigenvalue weighted by atomic mass is 16.5. The van der Waals surface area contributed by atoms with Gasteiger partial charge in [0.25, 0.3) is 0 Å². The molecule has 26 heavy (non-hydrogen) atoms. The third-order valence-corrected chi connectivity index (χ3v) is 4.45. The number of fused-ring (bicyclic) bond motifs is 1. The molecule has 0 saturated carbocycles. The summed E-state index contributed by atoms with van der Waals surface area (Å²) in [6.45, 7) is -0.521. The Balaban J connectivity index is 1.66. The normalized spacial score (nSPS) is 29.3. The van der Waals surface area contributed by atoms with Crippen molar-refractivity contribution in [1.29, 1.82) is 0 Å². The highest BCUT2D eigenvalue weighted by Crippen LogP contribution is 2.23. The van der Waals surface area contributed by atoms with Crippen LogP contribution in [0.25, 0.3) is 17.0 Å². The van der Waals surface area contributed by atoms with Gasteiger partial charge in [-0.15, -0.1) is 0 Å². The number of hydrogen-bond donors (Lipinski definition) is 4. The molecule has 1 aliphatic heterocycles. The van der Waals surface area contributed by atoms with E-state index in [1.165, 1.54) is 6.08 Å². The monoisotopic (exact) mass is 359 g/mol. The van der Waals surface area contributed by atoms with Crippen LogP contribution < -0.4 is 0 Å². The van der Waals surface area contributed by atoms with Crippen LogP contribution in [0.15, 0.2) is 42.5 Å². The van der Waals surface area contributed by atoms with Gasteiger partial charge in [-0.2, -0.15) is 0 Å². The Morgan fingerprint density at radius 2 is 1.77 bits per heavy atom. The first-order valence-electron chi connectivity index (χ1n) is 8.37. The van der Waals surface area contributed by atoms with E-state index in [1.54, 1.807) is 12.1 Å². The predicted molar refractivity (Wildman–Crippen MR) is 94.2 cm³/mol. The van der Waals surface area contributed by atoms with Gasteiger partial charge in [-0.1, -0.05) is 24.3 Å². The fourth-order valence-corrected chi connectivity index (χ4v) is 2.97. The minimum atomic E-state index is -1.48. The molecule has 4 N–H and O–H groups in total. The molecular weight excluding hydrogens is 338 g/mol. The van der Waals surface area contributed by atoms with Crippen LogP contribution in [-0.4, -0.2) is 68.3 Å². The van der Waals surface area contributed by atoms with Crippen molar-refractivity contribution in [3.05, 3.63) is 48.2 Å². The lowest BCUT2D eigenvalue weighted by Gasteiger charge is -2.39. The predicted octanol–water partition coefficient (Wildman–Crippen LogP) is 0.0496. The van der Waals surface area contributed by atoms with Crippen LogP contribution in [0.2, 0.25) is 0 Å². The number of ether oxygens (including phenoxy) is 1. The molecular formula is C19H21NO6. The van der Waals surface area contributed by atoms with Gasteiger partial charge in [0.1, 0.15) is 24.4 Å². The number of pyridine rings is 1. The van der Waals surface area contributed by atoms with Crippen molar-refractivity contribution in [2.75, 3.05) is 6.61 Å². The molecule has 0 unspecified atom stereocenters. The van der Waals surface area contributed by atoms with Gasteiger partial charge in [-0.25, -0.2) is 4.98 Å². The van der Waals surface area contributed by atoms with Gasteiger partial charge in [0.05, 0.1) is 23.9 Å². The number of aliphatic hydroxyl groups is 4. The minimum Gasteiger partial charge on any atom is -0.394 e. The van der Waals surface area contributed by atoms with Crippen LogP contribution in [0, 0.1) is 0 Å². The zero-order valence-electron chi connectivity index (χ0n) is 14.0. The maximum Gasteiger partial charge on any atom is 0.158 e. The van der Waals surface area contributed by atoms with E-state index in [0.717, 1.165) is 10.9 Å². The molecule has 7 nitrogen and oxygen atoms in total. The molecule has 2 aromatic rings. The summed E-state index contributed by atoms with van der Waals surface area (Å²) in [6.07, 6.45) is -3.64. The molecule has 3 rings (SSSR count). The van der Waals surface area contributed by atoms with E-state index in [1.807, 2.05) is 30.3 Å². The van der Waals surface area contributed by atoms with Gasteiger partial charge in [0, 0.05) is 11.8 Å². The molecule has 1 saturated heterocycles. The van der Waals surface area contributed by atoms with Crippen LogP contribution in [0.4, 0.5) is 0 Å². The van der Waals surface area contributed by atoms with Crippen molar-refractivity contribution in [2.45, 2.75) is 36.9 Å². The van der Waals surface area contributed by atoms with E-state index in [0.29, 0.717) is 5.69 Å². The summed E-state index contributed by atoms with van der Waals surface area (Å²) in [5.41, 5.74) is 1.43. The fraction of sp³-hybridized carbons (Fsp3) is 0.368. The summed E-state index contributed by atoms with van der Waals surface area (Å²) in [4.78, 5) is 16.6. The van der Waals surface area contributed by atoms with Gasteiger partial charge in [-0.05, 0) is 24.3 Å². The lowest BCUT2D eigenvalue weighted by atomic mass is 9.92. The largest absolute Gasteiger partial charge is 0.394 e. The number of carbonyl (C=O) groups excluding carboxylic acids is 1. The molecule has 0 bridgehead atoms. The summed E-state index contributed by atoms with van der Waals surface area (Å²) in [6, 6.07) is 11.3. The number of benzene rings is 1. The number of para-hydroxylation sites is 1. The first-order chi connectivity index (χ1) is 12.5. The minimum absolute atomic E-state index is 0.189. The molecule has 0 radical (unpaired) electrons. The Kier molecular flexibility index (Phi) is 5.75. The Bertz CT molecular complexity index is 805. The lowest BCUT2D eigenvalue weighted by Crippen LogP contribution is -2.58. The second kappa shape index (κ2) is 8.03. The van der Waals surface area contributed by atoms with Crippen molar-refractivity contribution in [1.82, 2.24) is 4.98 Å². The van der Waals surface area contributed by atoms with Gasteiger partial charge in [0.15, 0.2) is 5.78 Å². The highest BCUT2D eigenvalue weighted by molar-refractivity contribution is 5.94. The summed E-state index contributed by atoms with van der Waals surface area (Å²) in [7, 11) is 0. The second-order valence-electron chi connectivity index (χ2n) is 6.30. The van der Waals surface area contributed by atoms with Gasteiger partial charge in [-0.3, -0.25) is 4.79 Å². The third kappa shape index (κ3) is 3.98. The smallest absolute Gasteiger partial charge is 0.158 e. The van der Waals surface area contributed by atoms with Crippen LogP contribution >= 0.6 is 0 Å². The third-order valence-electron chi connectivity index (χ3n) is 4.45. The van der Waals surface area contributed by atoms with Crippen LogP contribution in [-0.2, 0) is 9.53 Å². The molecule has 1 aliphatic rings. The molecule has 138 valence electrons. The maximum atomic E-state index is 12.2.